The van der Waals surface area contributed by atoms with Gasteiger partial charge in [0.15, 0.2) is 7.37 Å². The van der Waals surface area contributed by atoms with Gasteiger partial charge in [-0.3, -0.25) is 4.57 Å². The molecule has 1 rings (SSSR count). The van der Waals surface area contributed by atoms with E-state index in [1.54, 1.807) is 6.07 Å². The summed E-state index contributed by atoms with van der Waals surface area (Å²) in [5, 5.41) is 11.8. The Balaban J connectivity index is 3.01. The van der Waals surface area contributed by atoms with Crippen molar-refractivity contribution in [1.29, 1.82) is 0 Å². The number of aryl methyl sites for hydroxylation is 1. The second-order valence-electron chi connectivity index (χ2n) is 9.44. The van der Waals surface area contributed by atoms with Crippen molar-refractivity contribution in [2.45, 2.75) is 74.9 Å². The number of carbonyl (C=O) groups is 1. The monoisotopic (exact) mass is 571 g/mol. The quantitative estimate of drug-likeness (QED) is 0.0780. The molecule has 0 aliphatic rings. The molecule has 0 fully saturated rings. The number of ether oxygens (including phenoxy) is 2. The van der Waals surface area contributed by atoms with E-state index in [1.165, 1.54) is 44.7 Å². The Bertz CT molecular complexity index is 867. The van der Waals surface area contributed by atoms with Crippen molar-refractivity contribution in [3.63, 3.8) is 0 Å². The summed E-state index contributed by atoms with van der Waals surface area (Å²) in [7, 11) is -1.57. The maximum Gasteiger partial charge on any atom is 0.417 e. The minimum absolute atomic E-state index is 0.0601. The number of hydrogen-bond donors (Lipinski definition) is 2. The highest BCUT2D eigenvalue weighted by Crippen LogP contribution is 2.40. The highest BCUT2D eigenvalue weighted by atomic mass is 32.2. The number of nitrogens with one attached hydrogen (secondary N) is 1. The second kappa shape index (κ2) is 16.6. The molecule has 214 valence electrons. The summed E-state index contributed by atoms with van der Waals surface area (Å²) in [5.74, 6) is 0.614. The molecular formula is C25H41F3NO6PS. The number of hydrogen-bond acceptors (Lipinski definition) is 6. The fraction of sp³-hybridized carbons (Fsp3) is 0.720. The van der Waals surface area contributed by atoms with Crippen LogP contribution >= 0.6 is 19.1 Å². The van der Waals surface area contributed by atoms with Crippen molar-refractivity contribution in [1.82, 2.24) is 5.32 Å². The summed E-state index contributed by atoms with van der Waals surface area (Å²) in [4.78, 5) is 11.7. The maximum absolute atomic E-state index is 13.9. The predicted octanol–water partition coefficient (Wildman–Crippen LogP) is 7.27. The van der Waals surface area contributed by atoms with Crippen LogP contribution < -0.4 is 5.32 Å². The summed E-state index contributed by atoms with van der Waals surface area (Å²) in [6, 6.07) is 4.23. The first kappa shape index (κ1) is 33.8. The highest BCUT2D eigenvalue weighted by Gasteiger charge is 2.36. The van der Waals surface area contributed by atoms with Crippen LogP contribution in [0.4, 0.5) is 18.0 Å². The van der Waals surface area contributed by atoms with Crippen LogP contribution in [-0.4, -0.2) is 62.9 Å². The third-order valence-corrected chi connectivity index (χ3v) is 7.51. The largest absolute Gasteiger partial charge is 0.465 e. The first-order valence-electron chi connectivity index (χ1n) is 12.4. The maximum atomic E-state index is 13.9. The van der Waals surface area contributed by atoms with Gasteiger partial charge >= 0.3 is 12.3 Å². The molecule has 12 heteroatoms. The van der Waals surface area contributed by atoms with Crippen molar-refractivity contribution in [3.8, 4) is 0 Å². The molecule has 0 saturated carbocycles. The summed E-state index contributed by atoms with van der Waals surface area (Å²) < 4.78 is 69.4. The Labute approximate surface area is 222 Å². The molecule has 0 heterocycles. The molecule has 0 saturated heterocycles. The minimum atomic E-state index is -4.52. The van der Waals surface area contributed by atoms with Crippen molar-refractivity contribution < 1.29 is 41.6 Å². The van der Waals surface area contributed by atoms with Crippen LogP contribution in [0.5, 0.6) is 0 Å². The Morgan fingerprint density at radius 3 is 2.38 bits per heavy atom. The summed E-state index contributed by atoms with van der Waals surface area (Å²) in [6.07, 6.45) is 0.727. The molecule has 0 aliphatic heterocycles. The molecule has 1 aromatic rings. The Kier molecular flexibility index (Phi) is 15.2. The smallest absolute Gasteiger partial charge is 0.417 e. The Morgan fingerprint density at radius 1 is 1.11 bits per heavy atom. The molecule has 1 atom stereocenters. The van der Waals surface area contributed by atoms with E-state index in [2.05, 4.69) is 12.2 Å². The van der Waals surface area contributed by atoms with E-state index in [0.717, 1.165) is 38.2 Å². The molecule has 0 radical (unpaired) electrons. The van der Waals surface area contributed by atoms with E-state index in [1.807, 2.05) is 0 Å². The molecule has 0 aliphatic carbocycles. The fourth-order valence-corrected chi connectivity index (χ4v) is 5.30. The lowest BCUT2D eigenvalue weighted by molar-refractivity contribution is -0.139. The predicted molar refractivity (Wildman–Crippen MR) is 141 cm³/mol. The molecule has 37 heavy (non-hydrogen) atoms. The van der Waals surface area contributed by atoms with Gasteiger partial charge in [-0.15, -0.1) is 11.8 Å². The number of amides is 1. The standard InChI is InChI=1S/C25H41F3NO6PS/c1-5-6-7-8-9-10-15-37-22-12-11-20(16-21(22)25(26,27)28)13-14-24(29-23(30)31,17-34-19-33-2)18-35-36(3,4)32/h11-12,16,29H,5-10,13-15,17-19H2,1-4H3,(H,30,31). The molecule has 2 N–H and O–H groups in total. The van der Waals surface area contributed by atoms with E-state index in [4.69, 9.17) is 14.0 Å². The topological polar surface area (TPSA) is 94.1 Å². The van der Waals surface area contributed by atoms with Crippen molar-refractivity contribution in [2.24, 2.45) is 0 Å². The van der Waals surface area contributed by atoms with Gasteiger partial charge in [-0.25, -0.2) is 4.79 Å². The van der Waals surface area contributed by atoms with Gasteiger partial charge in [0.25, 0.3) is 0 Å². The Morgan fingerprint density at radius 2 is 1.78 bits per heavy atom. The minimum Gasteiger partial charge on any atom is -0.465 e. The third-order valence-electron chi connectivity index (χ3n) is 5.60. The number of halogens is 3. The molecule has 1 unspecified atom stereocenters. The van der Waals surface area contributed by atoms with E-state index in [9.17, 15) is 27.6 Å². The normalized spacial score (nSPS) is 13.9. The Hall–Kier alpha value is -1.26. The van der Waals surface area contributed by atoms with Gasteiger partial charge in [0.05, 0.1) is 24.3 Å². The molecular weight excluding hydrogens is 530 g/mol. The van der Waals surface area contributed by atoms with Gasteiger partial charge in [0, 0.05) is 25.3 Å². The van der Waals surface area contributed by atoms with Gasteiger partial charge in [0.1, 0.15) is 6.79 Å². The number of alkyl halides is 3. The average molecular weight is 572 g/mol. The molecule has 0 aromatic heterocycles. The van der Waals surface area contributed by atoms with Crippen molar-refractivity contribution >= 4 is 25.2 Å². The van der Waals surface area contributed by atoms with Crippen LogP contribution in [0.3, 0.4) is 0 Å². The van der Waals surface area contributed by atoms with Crippen molar-refractivity contribution in [3.05, 3.63) is 29.3 Å². The number of benzene rings is 1. The number of unbranched alkanes of at least 4 members (excludes halogenated alkanes) is 5. The number of methoxy groups -OCH3 is 1. The first-order valence-corrected chi connectivity index (χ1v) is 15.9. The average Bonchev–Trinajstić information content (AvgIpc) is 2.80. The summed E-state index contributed by atoms with van der Waals surface area (Å²) >= 11 is 1.21. The van der Waals surface area contributed by atoms with Crippen LogP contribution in [-0.2, 0) is 31.2 Å². The first-order chi connectivity index (χ1) is 17.3. The molecule has 1 aromatic carbocycles. The van der Waals surface area contributed by atoms with Gasteiger partial charge in [-0.2, -0.15) is 13.2 Å². The lowest BCUT2D eigenvalue weighted by Gasteiger charge is -2.34. The summed E-state index contributed by atoms with van der Waals surface area (Å²) in [5.41, 5.74) is -1.64. The highest BCUT2D eigenvalue weighted by molar-refractivity contribution is 7.99. The zero-order valence-corrected chi connectivity index (χ0v) is 23.9. The van der Waals surface area contributed by atoms with Gasteiger partial charge in [-0.1, -0.05) is 45.1 Å². The van der Waals surface area contributed by atoms with E-state index in [-0.39, 0.29) is 37.7 Å². The lowest BCUT2D eigenvalue weighted by Crippen LogP contribution is -2.55. The van der Waals surface area contributed by atoms with Crippen molar-refractivity contribution in [2.75, 3.05) is 46.2 Å². The van der Waals surface area contributed by atoms with Crippen LogP contribution in [0, 0.1) is 0 Å². The van der Waals surface area contributed by atoms with Gasteiger partial charge < -0.3 is 24.4 Å². The SMILES string of the molecule is CCCCCCCCSc1ccc(CCC(COCOC)(COP(C)(C)=O)NC(=O)O)cc1C(F)(F)F. The number of rotatable bonds is 19. The third kappa shape index (κ3) is 14.5. The molecule has 1 amide bonds. The van der Waals surface area contributed by atoms with E-state index in [0.29, 0.717) is 11.3 Å². The van der Waals surface area contributed by atoms with E-state index < -0.39 is 30.7 Å². The van der Waals surface area contributed by atoms with Crippen LogP contribution in [0.15, 0.2) is 23.1 Å². The second-order valence-corrected chi connectivity index (χ2v) is 13.3. The van der Waals surface area contributed by atoms with Crippen LogP contribution in [0.1, 0.15) is 63.0 Å². The fourth-order valence-electron chi connectivity index (χ4n) is 3.68. The number of carboxylic acid groups (broad SMARTS) is 1. The number of thioether (sulfide) groups is 1. The molecule has 0 spiro atoms. The zero-order valence-electron chi connectivity index (χ0n) is 22.2. The van der Waals surface area contributed by atoms with Gasteiger partial charge in [0.2, 0.25) is 0 Å². The zero-order chi connectivity index (χ0) is 28.0. The van der Waals surface area contributed by atoms with Crippen LogP contribution in [0.25, 0.3) is 0 Å². The van der Waals surface area contributed by atoms with E-state index >= 15 is 0 Å². The van der Waals surface area contributed by atoms with Gasteiger partial charge in [-0.05, 0) is 42.7 Å². The lowest BCUT2D eigenvalue weighted by atomic mass is 9.92. The molecule has 7 nitrogen and oxygen atoms in total. The summed E-state index contributed by atoms with van der Waals surface area (Å²) in [6.45, 7) is 4.36. The van der Waals surface area contributed by atoms with Crippen LogP contribution in [0.2, 0.25) is 0 Å². The molecule has 0 bridgehead atoms.